The van der Waals surface area contributed by atoms with Gasteiger partial charge in [0.25, 0.3) is 5.91 Å². The van der Waals surface area contributed by atoms with Crippen LogP contribution in [0, 0.1) is 6.92 Å². The number of nitrogens with zero attached hydrogens (tertiary/aromatic N) is 6. The van der Waals surface area contributed by atoms with E-state index in [0.717, 1.165) is 5.56 Å². The molecule has 3 aromatic rings. The summed E-state index contributed by atoms with van der Waals surface area (Å²) in [4.78, 5) is 36.8. The van der Waals surface area contributed by atoms with E-state index in [2.05, 4.69) is 15.1 Å². The maximum absolute atomic E-state index is 12.9. The summed E-state index contributed by atoms with van der Waals surface area (Å²) in [6.07, 6.45) is 3.46. The topological polar surface area (TPSA) is 84.2 Å². The molecule has 4 rings (SSSR count). The number of amides is 2. The van der Waals surface area contributed by atoms with E-state index in [1.807, 2.05) is 24.4 Å². The molecule has 0 spiro atoms. The van der Waals surface area contributed by atoms with Gasteiger partial charge in [0.1, 0.15) is 6.54 Å². The molecule has 0 atom stereocenters. The van der Waals surface area contributed by atoms with Crippen molar-refractivity contribution < 1.29 is 9.59 Å². The second-order valence-corrected chi connectivity index (χ2v) is 7.28. The van der Waals surface area contributed by atoms with Crippen LogP contribution in [0.3, 0.4) is 0 Å². The van der Waals surface area contributed by atoms with Crippen LogP contribution >= 0.6 is 11.3 Å². The van der Waals surface area contributed by atoms with Crippen LogP contribution in [0.4, 0.5) is 0 Å². The Balaban J connectivity index is 1.72. The van der Waals surface area contributed by atoms with Crippen molar-refractivity contribution in [2.24, 2.45) is 0 Å². The lowest BCUT2D eigenvalue weighted by molar-refractivity contribution is -0.133. The summed E-state index contributed by atoms with van der Waals surface area (Å²) in [5, 5.41) is 6.98. The predicted molar refractivity (Wildman–Crippen MR) is 101 cm³/mol. The monoisotopic (exact) mass is 382 g/mol. The molecule has 0 bridgehead atoms. The largest absolute Gasteiger partial charge is 0.342 e. The Labute approximate surface area is 160 Å². The Morgan fingerprint density at radius 2 is 2.07 bits per heavy atom. The van der Waals surface area contributed by atoms with Gasteiger partial charge < -0.3 is 9.80 Å². The Bertz CT molecular complexity index is 980. The summed E-state index contributed by atoms with van der Waals surface area (Å²) in [7, 11) is 1.74. The highest BCUT2D eigenvalue weighted by Gasteiger charge is 2.28. The van der Waals surface area contributed by atoms with E-state index in [9.17, 15) is 9.59 Å². The highest BCUT2D eigenvalue weighted by molar-refractivity contribution is 7.12. The zero-order valence-electron chi connectivity index (χ0n) is 15.0. The fraction of sp³-hybridized carbons (Fsp3) is 0.278. The first-order chi connectivity index (χ1) is 13.0. The molecule has 2 amide bonds. The second kappa shape index (κ2) is 6.92. The molecule has 0 aliphatic carbocycles. The lowest BCUT2D eigenvalue weighted by Crippen LogP contribution is -2.50. The molecule has 1 aliphatic rings. The maximum atomic E-state index is 12.9. The van der Waals surface area contributed by atoms with Crippen LogP contribution in [0.15, 0.2) is 36.0 Å². The van der Waals surface area contributed by atoms with Crippen molar-refractivity contribution in [3.8, 4) is 16.5 Å². The molecule has 0 aromatic carbocycles. The molecule has 0 N–H and O–H groups in total. The molecule has 0 saturated carbocycles. The number of rotatable bonds is 3. The molecule has 0 unspecified atom stereocenters. The normalized spacial score (nSPS) is 14.7. The minimum atomic E-state index is -0.264. The third kappa shape index (κ3) is 3.33. The first-order valence-electron chi connectivity index (χ1n) is 8.49. The van der Waals surface area contributed by atoms with E-state index >= 15 is 0 Å². The van der Waals surface area contributed by atoms with Crippen LogP contribution < -0.4 is 0 Å². The fourth-order valence-electron chi connectivity index (χ4n) is 2.85. The standard InChI is InChI=1S/C18H18N6O2S/c1-12-3-4-13(20-10-12)15-9-14(21-24(15)18-19-5-8-27-18)17(26)23-7-6-22(2)16(25)11-23/h3-5,8-10H,6-7,11H2,1-2H3. The SMILES string of the molecule is Cc1ccc(-c2cc(C(=O)N3CCN(C)C(=O)C3)nn2-c2nccs2)nc1. The molecule has 1 aliphatic heterocycles. The minimum Gasteiger partial charge on any atom is -0.342 e. The molecule has 138 valence electrons. The summed E-state index contributed by atoms with van der Waals surface area (Å²) in [5.74, 6) is -0.338. The van der Waals surface area contributed by atoms with E-state index in [1.54, 1.807) is 35.1 Å². The number of likely N-dealkylation sites (N-methyl/N-ethyl adjacent to an activating group) is 1. The van der Waals surface area contributed by atoms with Gasteiger partial charge >= 0.3 is 0 Å². The number of hydrogen-bond donors (Lipinski definition) is 0. The van der Waals surface area contributed by atoms with E-state index in [1.165, 1.54) is 16.2 Å². The molecular formula is C18H18N6O2S. The Hall–Kier alpha value is -3.07. The average molecular weight is 382 g/mol. The average Bonchev–Trinajstić information content (AvgIpc) is 3.33. The van der Waals surface area contributed by atoms with Gasteiger partial charge in [0, 0.05) is 37.9 Å². The van der Waals surface area contributed by atoms with Crippen molar-refractivity contribution in [3.63, 3.8) is 0 Å². The zero-order valence-corrected chi connectivity index (χ0v) is 15.8. The number of carbonyl (C=O) groups excluding carboxylic acids is 2. The Morgan fingerprint density at radius 1 is 1.22 bits per heavy atom. The highest BCUT2D eigenvalue weighted by Crippen LogP contribution is 2.24. The van der Waals surface area contributed by atoms with Gasteiger partial charge in [0.15, 0.2) is 5.69 Å². The Kier molecular flexibility index (Phi) is 4.44. The fourth-order valence-corrected chi connectivity index (χ4v) is 3.45. The second-order valence-electron chi connectivity index (χ2n) is 6.40. The summed E-state index contributed by atoms with van der Waals surface area (Å²) >= 11 is 1.43. The number of pyridine rings is 1. The molecule has 27 heavy (non-hydrogen) atoms. The van der Waals surface area contributed by atoms with Crippen molar-refractivity contribution in [1.29, 1.82) is 0 Å². The Morgan fingerprint density at radius 3 is 2.74 bits per heavy atom. The van der Waals surface area contributed by atoms with Crippen molar-refractivity contribution in [1.82, 2.24) is 29.5 Å². The minimum absolute atomic E-state index is 0.0670. The van der Waals surface area contributed by atoms with E-state index in [0.29, 0.717) is 29.6 Å². The van der Waals surface area contributed by atoms with Gasteiger partial charge in [-0.15, -0.1) is 11.3 Å². The number of carbonyl (C=O) groups is 2. The first-order valence-corrected chi connectivity index (χ1v) is 9.37. The van der Waals surface area contributed by atoms with Crippen LogP contribution in [0.1, 0.15) is 16.1 Å². The molecular weight excluding hydrogens is 364 g/mol. The molecule has 4 heterocycles. The quantitative estimate of drug-likeness (QED) is 0.687. The third-order valence-corrected chi connectivity index (χ3v) is 5.19. The van der Waals surface area contributed by atoms with Gasteiger partial charge in [-0.3, -0.25) is 14.6 Å². The van der Waals surface area contributed by atoms with Gasteiger partial charge in [-0.1, -0.05) is 6.07 Å². The van der Waals surface area contributed by atoms with Gasteiger partial charge in [-0.25, -0.2) is 9.67 Å². The summed E-state index contributed by atoms with van der Waals surface area (Å²) in [6, 6.07) is 5.57. The van der Waals surface area contributed by atoms with Crippen LogP contribution in [0.5, 0.6) is 0 Å². The van der Waals surface area contributed by atoms with E-state index in [4.69, 9.17) is 0 Å². The van der Waals surface area contributed by atoms with E-state index in [-0.39, 0.29) is 24.1 Å². The van der Waals surface area contributed by atoms with Gasteiger partial charge in [0.2, 0.25) is 11.0 Å². The van der Waals surface area contributed by atoms with Crippen LogP contribution in [0.2, 0.25) is 0 Å². The van der Waals surface area contributed by atoms with Crippen LogP contribution in [0.25, 0.3) is 16.5 Å². The smallest absolute Gasteiger partial charge is 0.274 e. The number of piperazine rings is 1. The first kappa shape index (κ1) is 17.3. The van der Waals surface area contributed by atoms with Gasteiger partial charge in [-0.2, -0.15) is 5.10 Å². The maximum Gasteiger partial charge on any atom is 0.274 e. The summed E-state index contributed by atoms with van der Waals surface area (Å²) in [5.41, 5.74) is 2.72. The van der Waals surface area contributed by atoms with Crippen molar-refractivity contribution in [2.45, 2.75) is 6.92 Å². The molecule has 3 aromatic heterocycles. The van der Waals surface area contributed by atoms with Gasteiger partial charge in [-0.05, 0) is 24.6 Å². The third-order valence-electron chi connectivity index (χ3n) is 4.45. The summed E-state index contributed by atoms with van der Waals surface area (Å²) < 4.78 is 1.63. The lowest BCUT2D eigenvalue weighted by Gasteiger charge is -2.31. The van der Waals surface area contributed by atoms with Crippen molar-refractivity contribution in [2.75, 3.05) is 26.7 Å². The molecule has 8 nitrogen and oxygen atoms in total. The summed E-state index contributed by atoms with van der Waals surface area (Å²) in [6.45, 7) is 3.04. The number of aromatic nitrogens is 4. The van der Waals surface area contributed by atoms with Crippen LogP contribution in [-0.4, -0.2) is 68.0 Å². The molecule has 9 heteroatoms. The van der Waals surface area contributed by atoms with Crippen LogP contribution in [-0.2, 0) is 4.79 Å². The van der Waals surface area contributed by atoms with Crippen molar-refractivity contribution >= 4 is 23.2 Å². The van der Waals surface area contributed by atoms with Crippen molar-refractivity contribution in [3.05, 3.63) is 47.2 Å². The molecule has 1 fully saturated rings. The van der Waals surface area contributed by atoms with Gasteiger partial charge in [0.05, 0.1) is 11.4 Å². The molecule has 1 saturated heterocycles. The predicted octanol–water partition coefficient (Wildman–Crippen LogP) is 1.61. The number of thiazole rings is 1. The lowest BCUT2D eigenvalue weighted by atomic mass is 10.2. The van der Waals surface area contributed by atoms with E-state index < -0.39 is 0 Å². The molecule has 0 radical (unpaired) electrons. The number of aryl methyl sites for hydroxylation is 1. The highest BCUT2D eigenvalue weighted by atomic mass is 32.1. The zero-order chi connectivity index (χ0) is 19.0. The number of hydrogen-bond acceptors (Lipinski definition) is 6.